The molecule has 1 atom stereocenters. The number of aliphatic carboxylic acids is 1. The predicted molar refractivity (Wildman–Crippen MR) is 75.0 cm³/mol. The predicted octanol–water partition coefficient (Wildman–Crippen LogP) is 1.12. The molecule has 0 aliphatic rings. The second kappa shape index (κ2) is 7.64. The van der Waals surface area contributed by atoms with E-state index in [1.54, 1.807) is 13.3 Å². The first kappa shape index (κ1) is 16.2. The first-order valence-electron chi connectivity index (χ1n) is 6.52. The highest BCUT2D eigenvalue weighted by molar-refractivity contribution is 5.76. The molecule has 0 aliphatic heterocycles. The molecular weight excluding hydrogens is 262 g/mol. The van der Waals surface area contributed by atoms with Crippen molar-refractivity contribution in [2.45, 2.75) is 38.8 Å². The van der Waals surface area contributed by atoms with Gasteiger partial charge in [-0.25, -0.2) is 9.78 Å². The molecule has 0 radical (unpaired) electrons. The van der Waals surface area contributed by atoms with Gasteiger partial charge in [0.25, 0.3) is 5.56 Å². The van der Waals surface area contributed by atoms with Crippen LogP contribution in [0, 0.1) is 0 Å². The summed E-state index contributed by atoms with van der Waals surface area (Å²) in [5, 5.41) is 11.9. The quantitative estimate of drug-likeness (QED) is 0.694. The molecule has 1 heterocycles. The third-order valence-electron chi connectivity index (χ3n) is 2.87. The molecule has 0 saturated carbocycles. The summed E-state index contributed by atoms with van der Waals surface area (Å²) in [4.78, 5) is 27.2. The molecule has 112 valence electrons. The van der Waals surface area contributed by atoms with E-state index in [0.29, 0.717) is 19.4 Å². The van der Waals surface area contributed by atoms with Gasteiger partial charge in [-0.2, -0.15) is 0 Å². The minimum Gasteiger partial charge on any atom is -0.480 e. The highest BCUT2D eigenvalue weighted by Crippen LogP contribution is 2.06. The van der Waals surface area contributed by atoms with Crippen LogP contribution in [0.25, 0.3) is 0 Å². The SMILES string of the molecule is COCCCC(Nc1nccn(C(C)C)c1=O)C(=O)O. The largest absolute Gasteiger partial charge is 0.480 e. The summed E-state index contributed by atoms with van der Waals surface area (Å²) in [6.07, 6.45) is 4.02. The van der Waals surface area contributed by atoms with E-state index in [1.807, 2.05) is 13.8 Å². The Morgan fingerprint density at radius 1 is 1.55 bits per heavy atom. The minimum atomic E-state index is -1.01. The van der Waals surface area contributed by atoms with Crippen LogP contribution < -0.4 is 10.9 Å². The van der Waals surface area contributed by atoms with Crippen molar-refractivity contribution in [1.29, 1.82) is 0 Å². The third kappa shape index (κ3) is 4.34. The first-order chi connectivity index (χ1) is 9.47. The maximum Gasteiger partial charge on any atom is 0.326 e. The average Bonchev–Trinajstić information content (AvgIpc) is 2.39. The van der Waals surface area contributed by atoms with Crippen LogP contribution in [0.2, 0.25) is 0 Å². The number of methoxy groups -OCH3 is 1. The molecule has 7 nitrogen and oxygen atoms in total. The van der Waals surface area contributed by atoms with Crippen LogP contribution in [-0.2, 0) is 9.53 Å². The molecule has 0 fully saturated rings. The van der Waals surface area contributed by atoms with E-state index in [0.717, 1.165) is 0 Å². The Balaban J connectivity index is 2.86. The van der Waals surface area contributed by atoms with E-state index < -0.39 is 12.0 Å². The molecule has 1 aromatic rings. The summed E-state index contributed by atoms with van der Waals surface area (Å²) in [6, 6.07) is -0.865. The van der Waals surface area contributed by atoms with E-state index in [1.165, 1.54) is 10.8 Å². The fraction of sp³-hybridized carbons (Fsp3) is 0.615. The van der Waals surface area contributed by atoms with E-state index >= 15 is 0 Å². The van der Waals surface area contributed by atoms with Crippen LogP contribution >= 0.6 is 0 Å². The van der Waals surface area contributed by atoms with Crippen molar-refractivity contribution in [2.24, 2.45) is 0 Å². The lowest BCUT2D eigenvalue weighted by atomic mass is 10.1. The Hall–Kier alpha value is -1.89. The Bertz CT molecular complexity index is 499. The Kier molecular flexibility index (Phi) is 6.17. The van der Waals surface area contributed by atoms with E-state index in [2.05, 4.69) is 10.3 Å². The highest BCUT2D eigenvalue weighted by Gasteiger charge is 2.19. The van der Waals surface area contributed by atoms with Crippen molar-refractivity contribution >= 4 is 11.8 Å². The number of nitrogens with one attached hydrogen (secondary N) is 1. The van der Waals surface area contributed by atoms with Crippen LogP contribution in [0.4, 0.5) is 5.82 Å². The molecular formula is C13H21N3O4. The van der Waals surface area contributed by atoms with Crippen LogP contribution in [0.5, 0.6) is 0 Å². The van der Waals surface area contributed by atoms with Gasteiger partial charge in [0.15, 0.2) is 5.82 Å². The molecule has 1 unspecified atom stereocenters. The third-order valence-corrected chi connectivity index (χ3v) is 2.87. The lowest BCUT2D eigenvalue weighted by Crippen LogP contribution is -2.34. The summed E-state index contributed by atoms with van der Waals surface area (Å²) in [5.41, 5.74) is -0.319. The normalized spacial score (nSPS) is 12.4. The number of ether oxygens (including phenoxy) is 1. The number of anilines is 1. The van der Waals surface area contributed by atoms with E-state index in [-0.39, 0.29) is 17.4 Å². The summed E-state index contributed by atoms with van der Waals surface area (Å²) in [7, 11) is 1.56. The lowest BCUT2D eigenvalue weighted by Gasteiger charge is -2.16. The van der Waals surface area contributed by atoms with Crippen molar-refractivity contribution in [3.63, 3.8) is 0 Å². The molecule has 7 heteroatoms. The number of hydrogen-bond donors (Lipinski definition) is 2. The number of nitrogens with zero attached hydrogens (tertiary/aromatic N) is 2. The number of carbonyl (C=O) groups is 1. The summed E-state index contributed by atoms with van der Waals surface area (Å²) < 4.78 is 6.40. The number of hydrogen-bond acceptors (Lipinski definition) is 5. The van der Waals surface area contributed by atoms with E-state index in [4.69, 9.17) is 9.84 Å². The molecule has 1 aromatic heterocycles. The fourth-order valence-electron chi connectivity index (χ4n) is 1.78. The lowest BCUT2D eigenvalue weighted by molar-refractivity contribution is -0.138. The zero-order valence-corrected chi connectivity index (χ0v) is 12.0. The molecule has 0 aromatic carbocycles. The second-order valence-electron chi connectivity index (χ2n) is 4.75. The van der Waals surface area contributed by atoms with Crippen molar-refractivity contribution in [2.75, 3.05) is 19.0 Å². The monoisotopic (exact) mass is 283 g/mol. The van der Waals surface area contributed by atoms with Gasteiger partial charge >= 0.3 is 5.97 Å². The van der Waals surface area contributed by atoms with Crippen molar-refractivity contribution in [1.82, 2.24) is 9.55 Å². The maximum absolute atomic E-state index is 12.1. The smallest absolute Gasteiger partial charge is 0.326 e. The first-order valence-corrected chi connectivity index (χ1v) is 6.52. The van der Waals surface area contributed by atoms with Gasteiger partial charge in [0.1, 0.15) is 6.04 Å². The zero-order valence-electron chi connectivity index (χ0n) is 12.0. The topological polar surface area (TPSA) is 93.5 Å². The van der Waals surface area contributed by atoms with Crippen LogP contribution in [0.1, 0.15) is 32.7 Å². The van der Waals surface area contributed by atoms with Crippen molar-refractivity contribution in [3.05, 3.63) is 22.7 Å². The summed E-state index contributed by atoms with van der Waals surface area (Å²) in [6.45, 7) is 4.22. The van der Waals surface area contributed by atoms with Gasteiger partial charge in [0.2, 0.25) is 0 Å². The Morgan fingerprint density at radius 3 is 2.80 bits per heavy atom. The summed E-state index contributed by atoms with van der Waals surface area (Å²) in [5.74, 6) is -0.951. The zero-order chi connectivity index (χ0) is 15.1. The van der Waals surface area contributed by atoms with Crippen LogP contribution in [-0.4, -0.2) is 40.4 Å². The van der Waals surface area contributed by atoms with Gasteiger partial charge in [-0.15, -0.1) is 0 Å². The maximum atomic E-state index is 12.1. The van der Waals surface area contributed by atoms with Crippen LogP contribution in [0.15, 0.2) is 17.2 Å². The number of aromatic nitrogens is 2. The molecule has 2 N–H and O–H groups in total. The van der Waals surface area contributed by atoms with Crippen molar-refractivity contribution < 1.29 is 14.6 Å². The van der Waals surface area contributed by atoms with Gasteiger partial charge in [0, 0.05) is 32.2 Å². The van der Waals surface area contributed by atoms with Gasteiger partial charge in [-0.1, -0.05) is 0 Å². The molecule has 0 bridgehead atoms. The highest BCUT2D eigenvalue weighted by atomic mass is 16.5. The van der Waals surface area contributed by atoms with Gasteiger partial charge in [-0.3, -0.25) is 4.79 Å². The standard InChI is InChI=1S/C13H21N3O4/c1-9(2)16-7-6-14-11(12(16)17)15-10(13(18)19)5-4-8-20-3/h6-7,9-10H,4-5,8H2,1-3H3,(H,14,15)(H,18,19). The number of carboxylic acid groups (broad SMARTS) is 1. The van der Waals surface area contributed by atoms with Gasteiger partial charge in [0.05, 0.1) is 0 Å². The molecule has 20 heavy (non-hydrogen) atoms. The molecule has 0 aliphatic carbocycles. The molecule has 1 rings (SSSR count). The van der Waals surface area contributed by atoms with Crippen molar-refractivity contribution in [3.8, 4) is 0 Å². The van der Waals surface area contributed by atoms with Gasteiger partial charge < -0.3 is 19.7 Å². The number of rotatable bonds is 8. The second-order valence-corrected chi connectivity index (χ2v) is 4.75. The number of carboxylic acids is 1. The fourth-order valence-corrected chi connectivity index (χ4v) is 1.78. The van der Waals surface area contributed by atoms with Gasteiger partial charge in [-0.05, 0) is 26.7 Å². The Labute approximate surface area is 117 Å². The van der Waals surface area contributed by atoms with Crippen LogP contribution in [0.3, 0.4) is 0 Å². The Morgan fingerprint density at radius 2 is 2.25 bits per heavy atom. The molecule has 0 spiro atoms. The minimum absolute atomic E-state index is 0.0113. The average molecular weight is 283 g/mol. The summed E-state index contributed by atoms with van der Waals surface area (Å²) >= 11 is 0. The molecule has 0 saturated heterocycles. The molecule has 0 amide bonds. The van der Waals surface area contributed by atoms with E-state index in [9.17, 15) is 9.59 Å².